The van der Waals surface area contributed by atoms with Crippen LogP contribution >= 0.6 is 0 Å². The number of alkyl halides is 3. The third-order valence-corrected chi connectivity index (χ3v) is 3.04. The maximum absolute atomic E-state index is 11.9. The summed E-state index contributed by atoms with van der Waals surface area (Å²) in [5, 5.41) is 0.344. The summed E-state index contributed by atoms with van der Waals surface area (Å²) in [7, 11) is 0. The number of hydrogen-bond acceptors (Lipinski definition) is 4. The third kappa shape index (κ3) is 3.63. The van der Waals surface area contributed by atoms with E-state index in [0.717, 1.165) is 0 Å². The van der Waals surface area contributed by atoms with Crippen LogP contribution in [0.25, 0.3) is 0 Å². The Morgan fingerprint density at radius 2 is 1.59 bits per heavy atom. The van der Waals surface area contributed by atoms with Crippen molar-refractivity contribution < 1.29 is 32.4 Å². The topological polar surface area (TPSA) is 63.7 Å². The van der Waals surface area contributed by atoms with Gasteiger partial charge in [0, 0.05) is 12.8 Å². The average molecular weight is 315 g/mol. The van der Waals surface area contributed by atoms with Crippen LogP contribution in [0.4, 0.5) is 13.2 Å². The van der Waals surface area contributed by atoms with Crippen molar-refractivity contribution in [3.05, 3.63) is 35.4 Å². The van der Waals surface area contributed by atoms with Crippen LogP contribution in [0.3, 0.4) is 0 Å². The van der Waals surface area contributed by atoms with Gasteiger partial charge in [0.25, 0.3) is 11.8 Å². The fourth-order valence-corrected chi connectivity index (χ4v) is 1.99. The van der Waals surface area contributed by atoms with Crippen molar-refractivity contribution in [3.63, 3.8) is 0 Å². The molecule has 1 aliphatic heterocycles. The lowest BCUT2D eigenvalue weighted by atomic mass is 10.1. The summed E-state index contributed by atoms with van der Waals surface area (Å²) in [6, 6.07) is 5.97. The molecule has 0 radical (unpaired) electrons. The van der Waals surface area contributed by atoms with Crippen LogP contribution in [0.5, 0.6) is 0 Å². The lowest BCUT2D eigenvalue weighted by Gasteiger charge is -2.12. The number of unbranched alkanes of at least 4 members (excludes halogenated alkanes) is 1. The molecular formula is C14H12F3NO4. The van der Waals surface area contributed by atoms with E-state index in [4.69, 9.17) is 0 Å². The molecule has 0 N–H and O–H groups in total. The van der Waals surface area contributed by atoms with E-state index in [2.05, 4.69) is 4.84 Å². The Balaban J connectivity index is 1.86. The highest BCUT2D eigenvalue weighted by molar-refractivity contribution is 6.20. The summed E-state index contributed by atoms with van der Waals surface area (Å²) in [6.07, 6.45) is -5.83. The van der Waals surface area contributed by atoms with Crippen LogP contribution in [0, 0.1) is 0 Å². The molecule has 0 aliphatic carbocycles. The third-order valence-electron chi connectivity index (χ3n) is 3.04. The zero-order chi connectivity index (χ0) is 16.3. The molecule has 2 amide bonds. The second kappa shape index (κ2) is 6.17. The average Bonchev–Trinajstić information content (AvgIpc) is 2.68. The quantitative estimate of drug-likeness (QED) is 0.619. The van der Waals surface area contributed by atoms with Gasteiger partial charge >= 0.3 is 12.1 Å². The normalized spacial score (nSPS) is 14.2. The predicted octanol–water partition coefficient (Wildman–Crippen LogP) is 2.86. The molecule has 0 unspecified atom stereocenters. The molecule has 5 nitrogen and oxygen atoms in total. The molecule has 1 aliphatic rings. The first-order chi connectivity index (χ1) is 10.3. The summed E-state index contributed by atoms with van der Waals surface area (Å²) in [5.74, 6) is -2.44. The van der Waals surface area contributed by atoms with Crippen molar-refractivity contribution in [3.8, 4) is 0 Å². The number of hydrogen-bond donors (Lipinski definition) is 0. The van der Waals surface area contributed by atoms with Crippen LogP contribution < -0.4 is 0 Å². The van der Waals surface area contributed by atoms with Crippen LogP contribution in [-0.4, -0.2) is 29.0 Å². The maximum atomic E-state index is 11.9. The standard InChI is InChI=1S/C14H12F3NO4/c15-14(16,17)8-4-3-7-11(19)22-18-12(20)9-5-1-2-6-10(9)13(18)21/h1-2,5-6H,3-4,7-8H2. The Hall–Kier alpha value is -2.38. The van der Waals surface area contributed by atoms with Gasteiger partial charge in [-0.15, -0.1) is 0 Å². The smallest absolute Gasteiger partial charge is 0.330 e. The Morgan fingerprint density at radius 3 is 2.09 bits per heavy atom. The number of benzene rings is 1. The first-order valence-electron chi connectivity index (χ1n) is 6.55. The van der Waals surface area contributed by atoms with Gasteiger partial charge in [-0.2, -0.15) is 13.2 Å². The van der Waals surface area contributed by atoms with E-state index in [1.54, 1.807) is 12.1 Å². The summed E-state index contributed by atoms with van der Waals surface area (Å²) in [6.45, 7) is 0. The van der Waals surface area contributed by atoms with Crippen molar-refractivity contribution in [2.24, 2.45) is 0 Å². The highest BCUT2D eigenvalue weighted by Gasteiger charge is 2.38. The largest absolute Gasteiger partial charge is 0.389 e. The highest BCUT2D eigenvalue weighted by atomic mass is 19.4. The zero-order valence-electron chi connectivity index (χ0n) is 11.4. The second-order valence-electron chi connectivity index (χ2n) is 4.74. The number of amides is 2. The van der Waals surface area contributed by atoms with Gasteiger partial charge in [-0.3, -0.25) is 9.59 Å². The molecule has 0 spiro atoms. The second-order valence-corrected chi connectivity index (χ2v) is 4.74. The van der Waals surface area contributed by atoms with Crippen molar-refractivity contribution in [2.45, 2.75) is 31.9 Å². The van der Waals surface area contributed by atoms with Gasteiger partial charge in [0.15, 0.2) is 0 Å². The molecule has 22 heavy (non-hydrogen) atoms. The Labute approximate surface area is 123 Å². The number of fused-ring (bicyclic) bond motifs is 1. The van der Waals surface area contributed by atoms with E-state index >= 15 is 0 Å². The molecular weight excluding hydrogens is 303 g/mol. The minimum absolute atomic E-state index is 0.0402. The first kappa shape index (κ1) is 16.0. The van der Waals surface area contributed by atoms with Gasteiger partial charge < -0.3 is 4.84 Å². The number of carbonyl (C=O) groups excluding carboxylic acids is 3. The molecule has 0 saturated carbocycles. The number of hydroxylamine groups is 2. The molecule has 0 aromatic heterocycles. The van der Waals surface area contributed by atoms with Crippen molar-refractivity contribution in [1.29, 1.82) is 0 Å². The monoisotopic (exact) mass is 315 g/mol. The molecule has 1 aromatic carbocycles. The van der Waals surface area contributed by atoms with Crippen molar-refractivity contribution >= 4 is 17.8 Å². The van der Waals surface area contributed by atoms with E-state index in [1.807, 2.05) is 0 Å². The van der Waals surface area contributed by atoms with Crippen LogP contribution in [-0.2, 0) is 9.63 Å². The predicted molar refractivity (Wildman–Crippen MR) is 67.6 cm³/mol. The molecule has 0 atom stereocenters. The van der Waals surface area contributed by atoms with Crippen LogP contribution in [0.1, 0.15) is 46.4 Å². The Kier molecular flexibility index (Phi) is 4.48. The maximum Gasteiger partial charge on any atom is 0.389 e. The lowest BCUT2D eigenvalue weighted by molar-refractivity contribution is -0.169. The number of halogens is 3. The van der Waals surface area contributed by atoms with E-state index < -0.39 is 30.4 Å². The minimum Gasteiger partial charge on any atom is -0.330 e. The number of nitrogens with zero attached hydrogens (tertiary/aromatic N) is 1. The van der Waals surface area contributed by atoms with E-state index in [1.165, 1.54) is 12.1 Å². The van der Waals surface area contributed by atoms with Gasteiger partial charge in [-0.25, -0.2) is 4.79 Å². The summed E-state index contributed by atoms with van der Waals surface area (Å²) in [5.41, 5.74) is 0.245. The number of rotatable bonds is 5. The molecule has 8 heteroatoms. The van der Waals surface area contributed by atoms with Crippen molar-refractivity contribution in [1.82, 2.24) is 5.06 Å². The minimum atomic E-state index is -4.27. The van der Waals surface area contributed by atoms with Gasteiger partial charge in [0.1, 0.15) is 0 Å². The van der Waals surface area contributed by atoms with E-state index in [9.17, 15) is 27.6 Å². The van der Waals surface area contributed by atoms with Gasteiger partial charge in [0.2, 0.25) is 0 Å². The molecule has 0 saturated heterocycles. The highest BCUT2D eigenvalue weighted by Crippen LogP contribution is 2.24. The Morgan fingerprint density at radius 1 is 1.05 bits per heavy atom. The molecule has 0 fully saturated rings. The molecule has 118 valence electrons. The fraction of sp³-hybridized carbons (Fsp3) is 0.357. The fourth-order valence-electron chi connectivity index (χ4n) is 1.99. The van der Waals surface area contributed by atoms with Crippen LogP contribution in [0.15, 0.2) is 24.3 Å². The number of carbonyl (C=O) groups is 3. The first-order valence-corrected chi connectivity index (χ1v) is 6.55. The molecule has 0 bridgehead atoms. The van der Waals surface area contributed by atoms with Gasteiger partial charge in [-0.1, -0.05) is 17.2 Å². The summed E-state index contributed by atoms with van der Waals surface area (Å²) in [4.78, 5) is 39.9. The summed E-state index contributed by atoms with van der Waals surface area (Å²) < 4.78 is 35.8. The Bertz CT molecular complexity index is 577. The van der Waals surface area contributed by atoms with Crippen LogP contribution in [0.2, 0.25) is 0 Å². The number of imide groups is 1. The van der Waals surface area contributed by atoms with E-state index in [-0.39, 0.29) is 30.4 Å². The van der Waals surface area contributed by atoms with E-state index in [0.29, 0.717) is 5.06 Å². The lowest BCUT2D eigenvalue weighted by Crippen LogP contribution is -2.32. The van der Waals surface area contributed by atoms with Gasteiger partial charge in [0.05, 0.1) is 11.1 Å². The summed E-state index contributed by atoms with van der Waals surface area (Å²) >= 11 is 0. The molecule has 1 heterocycles. The SMILES string of the molecule is O=C(CCCCC(F)(F)F)ON1C(=O)c2ccccc2C1=O. The molecule has 1 aromatic rings. The van der Waals surface area contributed by atoms with Crippen molar-refractivity contribution in [2.75, 3.05) is 0 Å². The zero-order valence-corrected chi connectivity index (χ0v) is 11.4. The van der Waals surface area contributed by atoms with Gasteiger partial charge in [-0.05, 0) is 25.0 Å². The molecule has 2 rings (SSSR count).